The summed E-state index contributed by atoms with van der Waals surface area (Å²) >= 11 is 0. The fraction of sp³-hybridized carbons (Fsp3) is 0.600. The van der Waals surface area contributed by atoms with E-state index in [0.717, 1.165) is 5.69 Å². The van der Waals surface area contributed by atoms with Gasteiger partial charge in [-0.2, -0.15) is 5.10 Å². The van der Waals surface area contributed by atoms with Crippen molar-refractivity contribution in [3.8, 4) is 0 Å². The van der Waals surface area contributed by atoms with Gasteiger partial charge in [0, 0.05) is 6.20 Å². The molecule has 0 spiro atoms. The predicted molar refractivity (Wildman–Crippen MR) is 74.7 cm³/mol. The van der Waals surface area contributed by atoms with E-state index in [1.807, 2.05) is 16.9 Å². The van der Waals surface area contributed by atoms with Crippen LogP contribution in [0.2, 0.25) is 0 Å². The number of guanidine groups is 1. The molecule has 0 amide bonds. The Morgan fingerprint density at radius 2 is 2.12 bits per heavy atom. The summed E-state index contributed by atoms with van der Waals surface area (Å²) in [4.78, 5) is 3.93. The van der Waals surface area contributed by atoms with Crippen LogP contribution in [0.25, 0.3) is 0 Å². The minimum absolute atomic E-state index is 0. The van der Waals surface area contributed by atoms with Crippen molar-refractivity contribution in [2.24, 2.45) is 16.5 Å². The molecular formula is C10H18IN5. The third-order valence-corrected chi connectivity index (χ3v) is 2.79. The Balaban J connectivity index is 0.00000128. The molecule has 90 valence electrons. The van der Waals surface area contributed by atoms with E-state index in [9.17, 15) is 0 Å². The molecule has 1 aliphatic rings. The molecule has 0 aliphatic heterocycles. The zero-order valence-electron chi connectivity index (χ0n) is 9.17. The maximum Gasteiger partial charge on any atom is 0.186 e. The van der Waals surface area contributed by atoms with E-state index in [4.69, 9.17) is 11.5 Å². The first kappa shape index (κ1) is 13.3. The summed E-state index contributed by atoms with van der Waals surface area (Å²) in [5, 5.41) is 4.46. The zero-order valence-corrected chi connectivity index (χ0v) is 11.5. The van der Waals surface area contributed by atoms with Crippen LogP contribution in [0.4, 0.5) is 0 Å². The van der Waals surface area contributed by atoms with Gasteiger partial charge in [-0.15, -0.1) is 24.0 Å². The standard InChI is InChI=1S/C10H17N5.HI/c11-10(12)13-7-8-5-6-15(14-8)9-3-1-2-4-9;/h5-6,9H,1-4,7H2,(H4,11,12,13);1H. The fourth-order valence-electron chi connectivity index (χ4n) is 2.01. The van der Waals surface area contributed by atoms with Gasteiger partial charge in [0.15, 0.2) is 5.96 Å². The maximum absolute atomic E-state index is 5.26. The summed E-state index contributed by atoms with van der Waals surface area (Å²) in [6.45, 7) is 0.474. The lowest BCUT2D eigenvalue weighted by molar-refractivity contribution is 0.463. The largest absolute Gasteiger partial charge is 0.370 e. The first-order valence-electron chi connectivity index (χ1n) is 5.35. The fourth-order valence-corrected chi connectivity index (χ4v) is 2.01. The molecule has 0 aromatic carbocycles. The number of halogens is 1. The lowest BCUT2D eigenvalue weighted by atomic mass is 10.3. The molecule has 2 rings (SSSR count). The summed E-state index contributed by atoms with van der Waals surface area (Å²) in [5.41, 5.74) is 11.5. The van der Waals surface area contributed by atoms with Crippen molar-refractivity contribution in [2.75, 3.05) is 0 Å². The van der Waals surface area contributed by atoms with Crippen molar-refractivity contribution in [3.05, 3.63) is 18.0 Å². The minimum atomic E-state index is 0. The van der Waals surface area contributed by atoms with Crippen molar-refractivity contribution in [2.45, 2.75) is 38.3 Å². The van der Waals surface area contributed by atoms with Gasteiger partial charge in [-0.1, -0.05) is 12.8 Å². The van der Waals surface area contributed by atoms with E-state index >= 15 is 0 Å². The molecule has 1 heterocycles. The van der Waals surface area contributed by atoms with Crippen LogP contribution >= 0.6 is 24.0 Å². The van der Waals surface area contributed by atoms with Crippen molar-refractivity contribution in [1.29, 1.82) is 0 Å². The summed E-state index contributed by atoms with van der Waals surface area (Å²) < 4.78 is 2.05. The molecule has 1 aliphatic carbocycles. The predicted octanol–water partition coefficient (Wildman–Crippen LogP) is 1.39. The highest BCUT2D eigenvalue weighted by atomic mass is 127. The van der Waals surface area contributed by atoms with Gasteiger partial charge in [0.25, 0.3) is 0 Å². The van der Waals surface area contributed by atoms with Crippen molar-refractivity contribution in [1.82, 2.24) is 9.78 Å². The first-order valence-corrected chi connectivity index (χ1v) is 5.35. The lowest BCUT2D eigenvalue weighted by Gasteiger charge is -2.08. The number of rotatable bonds is 3. The number of hydrogen-bond acceptors (Lipinski definition) is 2. The van der Waals surface area contributed by atoms with Crippen LogP contribution < -0.4 is 11.5 Å². The molecule has 0 bridgehead atoms. The van der Waals surface area contributed by atoms with Crippen LogP contribution in [-0.4, -0.2) is 15.7 Å². The van der Waals surface area contributed by atoms with E-state index in [-0.39, 0.29) is 29.9 Å². The van der Waals surface area contributed by atoms with E-state index in [1.54, 1.807) is 0 Å². The number of aliphatic imine (C=N–C) groups is 1. The normalized spacial score (nSPS) is 15.8. The Bertz CT molecular complexity index is 350. The molecule has 5 nitrogen and oxygen atoms in total. The Labute approximate surface area is 112 Å². The molecule has 1 saturated carbocycles. The molecule has 4 N–H and O–H groups in total. The number of aromatic nitrogens is 2. The second-order valence-corrected chi connectivity index (χ2v) is 3.97. The van der Waals surface area contributed by atoms with Crippen LogP contribution in [0.1, 0.15) is 37.4 Å². The van der Waals surface area contributed by atoms with E-state index in [0.29, 0.717) is 12.6 Å². The van der Waals surface area contributed by atoms with Crippen LogP contribution in [0.5, 0.6) is 0 Å². The highest BCUT2D eigenvalue weighted by Gasteiger charge is 2.17. The average molecular weight is 335 g/mol. The maximum atomic E-state index is 5.26. The zero-order chi connectivity index (χ0) is 10.7. The Morgan fingerprint density at radius 3 is 2.75 bits per heavy atom. The topological polar surface area (TPSA) is 82.2 Å². The third-order valence-electron chi connectivity index (χ3n) is 2.79. The lowest BCUT2D eigenvalue weighted by Crippen LogP contribution is -2.22. The molecule has 1 fully saturated rings. The van der Waals surface area contributed by atoms with Crippen molar-refractivity contribution in [3.63, 3.8) is 0 Å². The smallest absolute Gasteiger partial charge is 0.186 e. The summed E-state index contributed by atoms with van der Waals surface area (Å²) in [7, 11) is 0. The van der Waals surface area contributed by atoms with E-state index in [1.165, 1.54) is 25.7 Å². The molecule has 0 unspecified atom stereocenters. The molecule has 0 saturated heterocycles. The molecule has 6 heteroatoms. The van der Waals surface area contributed by atoms with Gasteiger partial charge in [0.05, 0.1) is 18.3 Å². The van der Waals surface area contributed by atoms with E-state index in [2.05, 4.69) is 10.1 Å². The van der Waals surface area contributed by atoms with Crippen molar-refractivity contribution >= 4 is 29.9 Å². The average Bonchev–Trinajstić information content (AvgIpc) is 2.85. The van der Waals surface area contributed by atoms with Crippen LogP contribution in [0.15, 0.2) is 17.3 Å². The molecule has 1 aromatic heterocycles. The third kappa shape index (κ3) is 3.36. The van der Waals surface area contributed by atoms with Gasteiger partial charge in [-0.3, -0.25) is 4.68 Å². The molecule has 0 radical (unpaired) electrons. The summed E-state index contributed by atoms with van der Waals surface area (Å²) in [5.74, 6) is 0.116. The highest BCUT2D eigenvalue weighted by molar-refractivity contribution is 14.0. The Morgan fingerprint density at radius 1 is 1.44 bits per heavy atom. The molecule has 1 aromatic rings. The van der Waals surface area contributed by atoms with Gasteiger partial charge < -0.3 is 11.5 Å². The van der Waals surface area contributed by atoms with Gasteiger partial charge in [-0.25, -0.2) is 4.99 Å². The van der Waals surface area contributed by atoms with Crippen LogP contribution in [0, 0.1) is 0 Å². The monoisotopic (exact) mass is 335 g/mol. The van der Waals surface area contributed by atoms with Gasteiger partial charge in [0.1, 0.15) is 0 Å². The van der Waals surface area contributed by atoms with Gasteiger partial charge >= 0.3 is 0 Å². The quantitative estimate of drug-likeness (QED) is 0.497. The van der Waals surface area contributed by atoms with Crippen LogP contribution in [-0.2, 0) is 6.54 Å². The highest BCUT2D eigenvalue weighted by Crippen LogP contribution is 2.28. The first-order chi connectivity index (χ1) is 7.25. The summed E-state index contributed by atoms with van der Waals surface area (Å²) in [6, 6.07) is 2.56. The molecule has 0 atom stereocenters. The number of nitrogens with zero attached hydrogens (tertiary/aromatic N) is 3. The van der Waals surface area contributed by atoms with Crippen molar-refractivity contribution < 1.29 is 0 Å². The summed E-state index contributed by atoms with van der Waals surface area (Å²) in [6.07, 6.45) is 7.13. The Kier molecular flexibility index (Phi) is 5.04. The number of hydrogen-bond donors (Lipinski definition) is 2. The Hall–Kier alpha value is -0.790. The number of nitrogens with two attached hydrogens (primary N) is 2. The second kappa shape index (κ2) is 6.07. The van der Waals surface area contributed by atoms with E-state index < -0.39 is 0 Å². The van der Waals surface area contributed by atoms with Gasteiger partial charge in [-0.05, 0) is 18.9 Å². The minimum Gasteiger partial charge on any atom is -0.370 e. The van der Waals surface area contributed by atoms with Gasteiger partial charge in [0.2, 0.25) is 0 Å². The SMILES string of the molecule is I.NC(N)=NCc1ccn(C2CCCC2)n1. The van der Waals surface area contributed by atoms with Crippen LogP contribution in [0.3, 0.4) is 0 Å². The molecular weight excluding hydrogens is 317 g/mol. The second-order valence-electron chi connectivity index (χ2n) is 3.97. The molecule has 16 heavy (non-hydrogen) atoms.